The van der Waals surface area contributed by atoms with Crippen LogP contribution in [0.5, 0.6) is 0 Å². The van der Waals surface area contributed by atoms with E-state index in [0.717, 1.165) is 19.2 Å². The summed E-state index contributed by atoms with van der Waals surface area (Å²) in [6.45, 7) is 3.83. The molecule has 2 unspecified atom stereocenters. The summed E-state index contributed by atoms with van der Waals surface area (Å²) in [6, 6.07) is 12.4. The van der Waals surface area contributed by atoms with Gasteiger partial charge in [0.05, 0.1) is 6.61 Å². The highest BCUT2D eigenvalue weighted by Gasteiger charge is 2.45. The molecule has 7 heteroatoms. The second kappa shape index (κ2) is 8.30. The number of amides is 1. The van der Waals surface area contributed by atoms with Crippen LogP contribution in [0.4, 0.5) is 18.9 Å². The number of hydrogen-bond acceptors (Lipinski definition) is 3. The number of carbonyl (C=O) groups is 1. The van der Waals surface area contributed by atoms with Gasteiger partial charge in [0.15, 0.2) is 6.04 Å². The van der Waals surface area contributed by atoms with Gasteiger partial charge in [0.2, 0.25) is 5.91 Å². The third-order valence-corrected chi connectivity index (χ3v) is 5.99. The van der Waals surface area contributed by atoms with E-state index in [1.54, 1.807) is 12.1 Å². The maximum absolute atomic E-state index is 13.7. The van der Waals surface area contributed by atoms with Crippen molar-refractivity contribution in [1.29, 1.82) is 0 Å². The van der Waals surface area contributed by atoms with Gasteiger partial charge in [-0.2, -0.15) is 13.2 Å². The molecule has 0 fully saturated rings. The van der Waals surface area contributed by atoms with E-state index in [2.05, 4.69) is 31.3 Å². The number of benzene rings is 2. The molecule has 1 aliphatic rings. The van der Waals surface area contributed by atoms with E-state index in [0.29, 0.717) is 4.90 Å². The third kappa shape index (κ3) is 4.31. The van der Waals surface area contributed by atoms with E-state index < -0.39 is 24.7 Å². The number of halogens is 3. The van der Waals surface area contributed by atoms with Crippen LogP contribution < -0.4 is 5.32 Å². The van der Waals surface area contributed by atoms with Gasteiger partial charge in [0, 0.05) is 30.6 Å². The van der Waals surface area contributed by atoms with Gasteiger partial charge >= 0.3 is 6.18 Å². The Kier molecular flexibility index (Phi) is 6.13. The third-order valence-electron chi connectivity index (χ3n) is 5.99. The van der Waals surface area contributed by atoms with E-state index >= 15 is 0 Å². The fourth-order valence-electron chi connectivity index (χ4n) is 4.23. The number of alkyl halides is 3. The lowest BCUT2D eigenvalue weighted by molar-refractivity contribution is -0.189. The van der Waals surface area contributed by atoms with E-state index in [4.69, 9.17) is 5.11 Å². The summed E-state index contributed by atoms with van der Waals surface area (Å²) in [6.07, 6.45) is -4.13. The first-order chi connectivity index (χ1) is 14.1. The molecule has 0 spiro atoms. The van der Waals surface area contributed by atoms with Crippen LogP contribution in [-0.4, -0.2) is 41.8 Å². The number of hydrogen-bond donors (Lipinski definition) is 2. The minimum Gasteiger partial charge on any atom is -0.396 e. The van der Waals surface area contributed by atoms with Gasteiger partial charge in [0.1, 0.15) is 0 Å². The first kappa shape index (κ1) is 22.2. The van der Waals surface area contributed by atoms with Crippen LogP contribution in [0.2, 0.25) is 0 Å². The molecule has 0 bridgehead atoms. The van der Waals surface area contributed by atoms with Crippen molar-refractivity contribution in [2.75, 3.05) is 19.0 Å². The molecule has 3 rings (SSSR count). The normalized spacial score (nSPS) is 18.6. The number of fused-ring (bicyclic) bond motifs is 1. The van der Waals surface area contributed by atoms with Crippen LogP contribution in [-0.2, 0) is 16.6 Å². The first-order valence-electron chi connectivity index (χ1n) is 9.94. The minimum atomic E-state index is -4.62. The molecule has 0 heterocycles. The Morgan fingerprint density at radius 2 is 1.83 bits per heavy atom. The Morgan fingerprint density at radius 1 is 1.20 bits per heavy atom. The van der Waals surface area contributed by atoms with Crippen LogP contribution in [0, 0.1) is 0 Å². The van der Waals surface area contributed by atoms with Gasteiger partial charge in [-0.15, -0.1) is 0 Å². The summed E-state index contributed by atoms with van der Waals surface area (Å²) < 4.78 is 41.0. The van der Waals surface area contributed by atoms with Gasteiger partial charge < -0.3 is 15.3 Å². The molecule has 2 atom stereocenters. The Hall–Kier alpha value is -2.54. The van der Waals surface area contributed by atoms with E-state index in [1.807, 2.05) is 12.1 Å². The van der Waals surface area contributed by atoms with Crippen LogP contribution in [0.15, 0.2) is 48.5 Å². The van der Waals surface area contributed by atoms with Crippen molar-refractivity contribution < 1.29 is 23.1 Å². The minimum absolute atomic E-state index is 0.0178. The second-order valence-corrected chi connectivity index (χ2v) is 8.32. The number of carbonyl (C=O) groups excluding carboxylic acids is 1. The molecule has 2 N–H and O–H groups in total. The average molecular weight is 420 g/mol. The molecule has 0 aliphatic heterocycles. The fraction of sp³-hybridized carbons (Fsp3) is 0.435. The molecule has 2 aromatic rings. The SMILES string of the molecule is CN(C(=O)CCO)C(c1ccc(NC2Cc3ccccc3C2(C)C)cc1)C(F)(F)F. The first-order valence-corrected chi connectivity index (χ1v) is 9.94. The monoisotopic (exact) mass is 420 g/mol. The quantitative estimate of drug-likeness (QED) is 0.726. The molecule has 162 valence electrons. The highest BCUT2D eigenvalue weighted by Crippen LogP contribution is 2.41. The Morgan fingerprint density at radius 3 is 2.40 bits per heavy atom. The molecular weight excluding hydrogens is 393 g/mol. The van der Waals surface area contributed by atoms with Crippen molar-refractivity contribution in [3.63, 3.8) is 0 Å². The zero-order valence-corrected chi connectivity index (χ0v) is 17.3. The molecule has 0 saturated heterocycles. The van der Waals surface area contributed by atoms with Crippen molar-refractivity contribution in [2.24, 2.45) is 0 Å². The lowest BCUT2D eigenvalue weighted by atomic mass is 9.83. The molecular formula is C23H27F3N2O2. The summed E-state index contributed by atoms with van der Waals surface area (Å²) in [4.78, 5) is 12.6. The second-order valence-electron chi connectivity index (χ2n) is 8.32. The topological polar surface area (TPSA) is 52.6 Å². The average Bonchev–Trinajstić information content (AvgIpc) is 2.93. The van der Waals surface area contributed by atoms with Crippen molar-refractivity contribution in [3.8, 4) is 0 Å². The van der Waals surface area contributed by atoms with Gasteiger partial charge in [-0.1, -0.05) is 50.2 Å². The Bertz CT molecular complexity index is 894. The predicted molar refractivity (Wildman–Crippen MR) is 110 cm³/mol. The van der Waals surface area contributed by atoms with Crippen LogP contribution in [0.25, 0.3) is 0 Å². The van der Waals surface area contributed by atoms with Crippen LogP contribution >= 0.6 is 0 Å². The highest BCUT2D eigenvalue weighted by atomic mass is 19.4. The summed E-state index contributed by atoms with van der Waals surface area (Å²) in [5.41, 5.74) is 3.16. The number of aliphatic hydroxyl groups excluding tert-OH is 1. The van der Waals surface area contributed by atoms with Gasteiger partial charge in [0.25, 0.3) is 0 Å². The van der Waals surface area contributed by atoms with Gasteiger partial charge in [-0.25, -0.2) is 0 Å². The van der Waals surface area contributed by atoms with E-state index in [9.17, 15) is 18.0 Å². The fourth-order valence-corrected chi connectivity index (χ4v) is 4.23. The number of aliphatic hydroxyl groups is 1. The molecule has 1 amide bonds. The van der Waals surface area contributed by atoms with Crippen molar-refractivity contribution >= 4 is 11.6 Å². The van der Waals surface area contributed by atoms with Crippen LogP contribution in [0.3, 0.4) is 0 Å². The summed E-state index contributed by atoms with van der Waals surface area (Å²) in [7, 11) is 1.11. The summed E-state index contributed by atoms with van der Waals surface area (Å²) >= 11 is 0. The zero-order chi connectivity index (χ0) is 22.1. The zero-order valence-electron chi connectivity index (χ0n) is 17.3. The molecule has 4 nitrogen and oxygen atoms in total. The molecule has 0 radical (unpaired) electrons. The van der Waals surface area contributed by atoms with Gasteiger partial charge in [-0.3, -0.25) is 4.79 Å². The predicted octanol–water partition coefficient (Wildman–Crippen LogP) is 4.45. The molecule has 2 aromatic carbocycles. The smallest absolute Gasteiger partial charge is 0.396 e. The number of rotatable bonds is 6. The van der Waals surface area contributed by atoms with Crippen molar-refractivity contribution in [1.82, 2.24) is 4.90 Å². The molecule has 0 saturated carbocycles. The molecule has 30 heavy (non-hydrogen) atoms. The van der Waals surface area contributed by atoms with Crippen molar-refractivity contribution in [3.05, 3.63) is 65.2 Å². The van der Waals surface area contributed by atoms with Gasteiger partial charge in [-0.05, 0) is 35.2 Å². The maximum Gasteiger partial charge on any atom is 0.413 e. The van der Waals surface area contributed by atoms with Crippen LogP contribution in [0.1, 0.15) is 43.0 Å². The standard InChI is InChI=1S/C23H27F3N2O2/c1-22(2)18-7-5-4-6-16(18)14-19(22)27-17-10-8-15(9-11-17)21(23(24,25)26)28(3)20(30)12-13-29/h4-11,19,21,27,29H,12-14H2,1-3H3. The lowest BCUT2D eigenvalue weighted by Gasteiger charge is -2.31. The largest absolute Gasteiger partial charge is 0.413 e. The van der Waals surface area contributed by atoms with E-state index in [1.165, 1.54) is 23.3 Å². The highest BCUT2D eigenvalue weighted by molar-refractivity contribution is 5.76. The summed E-state index contributed by atoms with van der Waals surface area (Å²) in [5.74, 6) is -0.757. The maximum atomic E-state index is 13.7. The lowest BCUT2D eigenvalue weighted by Crippen LogP contribution is -2.40. The Balaban J connectivity index is 1.79. The number of nitrogens with zero attached hydrogens (tertiary/aromatic N) is 1. The Labute approximate surface area is 174 Å². The molecule has 0 aromatic heterocycles. The van der Waals surface area contributed by atoms with E-state index in [-0.39, 0.29) is 23.4 Å². The van der Waals surface area contributed by atoms with Crippen molar-refractivity contribution in [2.45, 2.75) is 50.4 Å². The number of nitrogens with one attached hydrogen (secondary N) is 1. The number of anilines is 1. The summed E-state index contributed by atoms with van der Waals surface area (Å²) in [5, 5.41) is 12.3. The molecule has 1 aliphatic carbocycles.